The van der Waals surface area contributed by atoms with E-state index in [4.69, 9.17) is 5.73 Å². The van der Waals surface area contributed by atoms with Crippen molar-refractivity contribution < 1.29 is 4.79 Å². The van der Waals surface area contributed by atoms with Crippen LogP contribution in [0, 0.1) is 11.8 Å². The average Bonchev–Trinajstić information content (AvgIpc) is 2.94. The lowest BCUT2D eigenvalue weighted by molar-refractivity contribution is 0.112. The Bertz CT molecular complexity index is 444. The Hall–Kier alpha value is -1.51. The number of fused-ring (bicyclic) bond motifs is 2. The van der Waals surface area contributed by atoms with Crippen molar-refractivity contribution in [3.05, 3.63) is 23.8 Å². The molecular weight excluding hydrogens is 212 g/mol. The van der Waals surface area contributed by atoms with E-state index in [1.807, 2.05) is 12.1 Å². The first-order valence-electron chi connectivity index (χ1n) is 6.38. The van der Waals surface area contributed by atoms with Crippen molar-refractivity contribution in [2.45, 2.75) is 31.7 Å². The fourth-order valence-corrected chi connectivity index (χ4v) is 3.43. The van der Waals surface area contributed by atoms with E-state index in [0.29, 0.717) is 17.3 Å². The van der Waals surface area contributed by atoms with E-state index in [9.17, 15) is 4.79 Å². The van der Waals surface area contributed by atoms with Gasteiger partial charge in [0.1, 0.15) is 0 Å². The Balaban J connectivity index is 1.79. The predicted molar refractivity (Wildman–Crippen MR) is 69.1 cm³/mol. The van der Waals surface area contributed by atoms with Gasteiger partial charge in [0.15, 0.2) is 6.29 Å². The van der Waals surface area contributed by atoms with E-state index in [0.717, 1.165) is 23.8 Å². The minimum Gasteiger partial charge on any atom is -0.396 e. The summed E-state index contributed by atoms with van der Waals surface area (Å²) in [6, 6.07) is 6.16. The van der Waals surface area contributed by atoms with Crippen LogP contribution in [0.25, 0.3) is 0 Å². The number of nitrogens with one attached hydrogen (secondary N) is 1. The molecule has 2 fully saturated rings. The van der Waals surface area contributed by atoms with Crippen LogP contribution in [0.4, 0.5) is 11.4 Å². The zero-order chi connectivity index (χ0) is 11.8. The van der Waals surface area contributed by atoms with Gasteiger partial charge in [0.05, 0.1) is 11.4 Å². The first kappa shape index (κ1) is 10.6. The third-order valence-corrected chi connectivity index (χ3v) is 4.35. The maximum Gasteiger partial charge on any atom is 0.152 e. The quantitative estimate of drug-likeness (QED) is 0.620. The van der Waals surface area contributed by atoms with Crippen molar-refractivity contribution in [2.24, 2.45) is 11.8 Å². The second-order valence-corrected chi connectivity index (χ2v) is 5.35. The molecule has 2 aliphatic carbocycles. The van der Waals surface area contributed by atoms with Gasteiger partial charge in [-0.05, 0) is 43.2 Å². The minimum absolute atomic E-state index is 0.554. The summed E-state index contributed by atoms with van der Waals surface area (Å²) < 4.78 is 0. The van der Waals surface area contributed by atoms with Crippen LogP contribution in [0.3, 0.4) is 0 Å². The summed E-state index contributed by atoms with van der Waals surface area (Å²) in [7, 11) is 0. The predicted octanol–water partition coefficient (Wildman–Crippen LogP) is 2.68. The molecule has 3 atom stereocenters. The van der Waals surface area contributed by atoms with Crippen LogP contribution >= 0.6 is 0 Å². The summed E-state index contributed by atoms with van der Waals surface area (Å²) in [6.45, 7) is 0. The fraction of sp³-hybridized carbons (Fsp3) is 0.500. The van der Waals surface area contributed by atoms with Crippen LogP contribution in [0.1, 0.15) is 36.0 Å². The number of hydrogen-bond donors (Lipinski definition) is 2. The fourth-order valence-electron chi connectivity index (χ4n) is 3.43. The summed E-state index contributed by atoms with van der Waals surface area (Å²) >= 11 is 0. The third kappa shape index (κ3) is 1.79. The van der Waals surface area contributed by atoms with Crippen LogP contribution in [0.2, 0.25) is 0 Å². The van der Waals surface area contributed by atoms with E-state index in [1.54, 1.807) is 6.07 Å². The van der Waals surface area contributed by atoms with Crippen molar-refractivity contribution >= 4 is 17.7 Å². The highest BCUT2D eigenvalue weighted by Crippen LogP contribution is 2.45. The largest absolute Gasteiger partial charge is 0.396 e. The summed E-state index contributed by atoms with van der Waals surface area (Å²) in [5.41, 5.74) is 8.07. The van der Waals surface area contributed by atoms with E-state index in [1.165, 1.54) is 25.7 Å². The number of carbonyl (C=O) groups excluding carboxylic acids is 1. The first-order valence-corrected chi connectivity index (χ1v) is 6.38. The van der Waals surface area contributed by atoms with Gasteiger partial charge >= 0.3 is 0 Å². The van der Waals surface area contributed by atoms with Gasteiger partial charge in [0.25, 0.3) is 0 Å². The molecule has 0 amide bonds. The summed E-state index contributed by atoms with van der Waals surface area (Å²) in [4.78, 5) is 10.8. The normalized spacial score (nSPS) is 30.5. The van der Waals surface area contributed by atoms with Crippen LogP contribution in [-0.4, -0.2) is 12.3 Å². The lowest BCUT2D eigenvalue weighted by Crippen LogP contribution is -2.26. The van der Waals surface area contributed by atoms with E-state index >= 15 is 0 Å². The van der Waals surface area contributed by atoms with Gasteiger partial charge in [0, 0.05) is 11.6 Å². The van der Waals surface area contributed by atoms with E-state index in [2.05, 4.69) is 5.32 Å². The first-order chi connectivity index (χ1) is 8.28. The van der Waals surface area contributed by atoms with Crippen molar-refractivity contribution in [1.82, 2.24) is 0 Å². The monoisotopic (exact) mass is 230 g/mol. The van der Waals surface area contributed by atoms with Crippen molar-refractivity contribution in [2.75, 3.05) is 11.1 Å². The zero-order valence-corrected chi connectivity index (χ0v) is 9.86. The van der Waals surface area contributed by atoms with Gasteiger partial charge < -0.3 is 11.1 Å². The van der Waals surface area contributed by atoms with Gasteiger partial charge in [-0.15, -0.1) is 0 Å². The lowest BCUT2D eigenvalue weighted by atomic mass is 9.95. The standard InChI is InChI=1S/C14H18N2O/c15-14-11(8-17)2-1-3-12(14)16-13-7-9-4-5-10(13)6-9/h1-3,8-10,13,16H,4-7,15H2. The second-order valence-electron chi connectivity index (χ2n) is 5.35. The number of nitrogens with two attached hydrogens (primary N) is 1. The molecule has 0 heterocycles. The number of anilines is 2. The molecule has 2 bridgehead atoms. The number of carbonyl (C=O) groups is 1. The van der Waals surface area contributed by atoms with Crippen LogP contribution < -0.4 is 11.1 Å². The molecule has 1 aromatic carbocycles. The summed E-state index contributed by atoms with van der Waals surface area (Å²) in [6.07, 6.45) is 6.18. The van der Waals surface area contributed by atoms with E-state index < -0.39 is 0 Å². The molecule has 3 N–H and O–H groups in total. The number of benzene rings is 1. The van der Waals surface area contributed by atoms with Gasteiger partial charge in [-0.2, -0.15) is 0 Å². The molecule has 3 heteroatoms. The molecule has 3 nitrogen and oxygen atoms in total. The zero-order valence-electron chi connectivity index (χ0n) is 9.86. The number of para-hydroxylation sites is 1. The Morgan fingerprint density at radius 3 is 2.82 bits per heavy atom. The molecule has 2 saturated carbocycles. The van der Waals surface area contributed by atoms with E-state index in [-0.39, 0.29) is 0 Å². The average molecular weight is 230 g/mol. The number of rotatable bonds is 3. The number of hydrogen-bond acceptors (Lipinski definition) is 3. The Labute approximate surface area is 101 Å². The molecule has 3 rings (SSSR count). The SMILES string of the molecule is Nc1c(C=O)cccc1NC1CC2CCC1C2. The molecule has 17 heavy (non-hydrogen) atoms. The Morgan fingerprint density at radius 1 is 1.29 bits per heavy atom. The van der Waals surface area contributed by atoms with Crippen molar-refractivity contribution in [3.63, 3.8) is 0 Å². The number of aldehydes is 1. The molecule has 0 spiro atoms. The molecule has 0 saturated heterocycles. The molecule has 0 radical (unpaired) electrons. The highest BCUT2D eigenvalue weighted by molar-refractivity contribution is 5.89. The molecule has 0 aliphatic heterocycles. The Kier molecular flexibility index (Phi) is 2.54. The minimum atomic E-state index is 0.554. The van der Waals surface area contributed by atoms with Crippen molar-refractivity contribution in [1.29, 1.82) is 0 Å². The third-order valence-electron chi connectivity index (χ3n) is 4.35. The van der Waals surface area contributed by atoms with Gasteiger partial charge in [-0.25, -0.2) is 0 Å². The number of nitrogen functional groups attached to an aromatic ring is 1. The van der Waals surface area contributed by atoms with Gasteiger partial charge in [0.2, 0.25) is 0 Å². The highest BCUT2D eigenvalue weighted by Gasteiger charge is 2.39. The molecule has 1 aromatic rings. The smallest absolute Gasteiger partial charge is 0.152 e. The maximum absolute atomic E-state index is 10.8. The van der Waals surface area contributed by atoms with Gasteiger partial charge in [-0.3, -0.25) is 4.79 Å². The Morgan fingerprint density at radius 2 is 2.18 bits per heavy atom. The van der Waals surface area contributed by atoms with Crippen LogP contribution in [0.5, 0.6) is 0 Å². The molecular formula is C14H18N2O. The summed E-state index contributed by atoms with van der Waals surface area (Å²) in [5.74, 6) is 1.72. The molecule has 2 aliphatic rings. The summed E-state index contributed by atoms with van der Waals surface area (Å²) in [5, 5.41) is 3.53. The second kappa shape index (κ2) is 4.06. The van der Waals surface area contributed by atoms with Crippen LogP contribution in [-0.2, 0) is 0 Å². The van der Waals surface area contributed by atoms with Crippen molar-refractivity contribution in [3.8, 4) is 0 Å². The maximum atomic E-state index is 10.8. The van der Waals surface area contributed by atoms with Crippen LogP contribution in [0.15, 0.2) is 18.2 Å². The molecule has 0 aromatic heterocycles. The highest BCUT2D eigenvalue weighted by atomic mass is 16.1. The molecule has 3 unspecified atom stereocenters. The molecule has 90 valence electrons. The lowest BCUT2D eigenvalue weighted by Gasteiger charge is -2.25. The van der Waals surface area contributed by atoms with Gasteiger partial charge in [-0.1, -0.05) is 12.5 Å². The topological polar surface area (TPSA) is 55.1 Å².